The molecule has 0 aromatic heterocycles. The van der Waals surface area contributed by atoms with Crippen LogP contribution in [-0.2, 0) is 115 Å². The van der Waals surface area contributed by atoms with Gasteiger partial charge in [0.15, 0.2) is 22.6 Å². The van der Waals surface area contributed by atoms with Gasteiger partial charge in [-0.15, -0.1) is 0 Å². The summed E-state index contributed by atoms with van der Waals surface area (Å²) in [5.74, 6) is -2.09. The van der Waals surface area contributed by atoms with E-state index in [2.05, 4.69) is 0 Å². The van der Waals surface area contributed by atoms with E-state index in [1.54, 1.807) is 42.5 Å². The first kappa shape index (κ1) is 71.9. The monoisotopic (exact) mass is 1360 g/mol. The van der Waals surface area contributed by atoms with E-state index >= 15 is 0 Å². The van der Waals surface area contributed by atoms with Crippen molar-refractivity contribution in [1.82, 2.24) is 0 Å². The Kier molecular flexibility index (Phi) is 24.7. The van der Waals surface area contributed by atoms with Crippen molar-refractivity contribution in [3.63, 3.8) is 0 Å². The number of esters is 1. The Morgan fingerprint density at radius 3 is 1.68 bits per heavy atom. The summed E-state index contributed by atoms with van der Waals surface area (Å²) < 4.78 is 207. The SMILES string of the molecule is COCCN1c2ccc3c(S(=O)O)cc(S(=O)(=O)O)cc3c2C(C)(CCCS(=O)(=O)O)C1/C=C/C=C/C=C1/N(CCOCCOCCOCCOCCOCCOCCC(=O)OC2C(=O)CCC2=O)c2ccc3c(S(=O)(=O)O)cc(S(=O)(=O)O)cc3c2C1(C)C. The van der Waals surface area contributed by atoms with E-state index in [-0.39, 0.29) is 131 Å². The zero-order chi connectivity index (χ0) is 65.8. The van der Waals surface area contributed by atoms with Gasteiger partial charge in [0.05, 0.1) is 119 Å². The van der Waals surface area contributed by atoms with Crippen molar-refractivity contribution in [3.05, 3.63) is 95.7 Å². The molecule has 0 saturated heterocycles. The van der Waals surface area contributed by atoms with Gasteiger partial charge in [-0.3, -0.25) is 32.6 Å². The van der Waals surface area contributed by atoms with Crippen molar-refractivity contribution in [3.8, 4) is 0 Å². The number of hydrogen-bond donors (Lipinski definition) is 5. The lowest BCUT2D eigenvalue weighted by Gasteiger charge is -2.35. The number of ether oxygens (including phenoxy) is 8. The minimum absolute atomic E-state index is 0.0126. The lowest BCUT2D eigenvalue weighted by Crippen LogP contribution is -2.43. The van der Waals surface area contributed by atoms with Crippen LogP contribution in [0.25, 0.3) is 21.5 Å². The number of benzene rings is 4. The molecule has 32 heteroatoms. The largest absolute Gasteiger partial charge is 0.446 e. The molecule has 0 radical (unpaired) electrons. The van der Waals surface area contributed by atoms with Gasteiger partial charge in [0.25, 0.3) is 40.5 Å². The van der Waals surface area contributed by atoms with Gasteiger partial charge in [-0.2, -0.15) is 33.7 Å². The van der Waals surface area contributed by atoms with Crippen molar-refractivity contribution in [1.29, 1.82) is 0 Å². The highest BCUT2D eigenvalue weighted by atomic mass is 32.2. The average Bonchev–Trinajstić information content (AvgIpc) is 1.53. The van der Waals surface area contributed by atoms with Crippen LogP contribution in [0.3, 0.4) is 0 Å². The fraction of sp³-hybridized carbons (Fsp3) is 0.500. The summed E-state index contributed by atoms with van der Waals surface area (Å²) >= 11 is -2.72. The molecular formula is C58H74N2O25S5. The van der Waals surface area contributed by atoms with E-state index in [4.69, 9.17) is 37.9 Å². The molecule has 27 nitrogen and oxygen atoms in total. The predicted octanol–water partition coefficient (Wildman–Crippen LogP) is 5.20. The topological polar surface area (TPSA) is 386 Å². The first-order chi connectivity index (χ1) is 42.4. The second-order valence-corrected chi connectivity index (χ2v) is 28.6. The van der Waals surface area contributed by atoms with Crippen LogP contribution in [0, 0.1) is 0 Å². The van der Waals surface area contributed by atoms with Gasteiger partial charge in [0.2, 0.25) is 6.10 Å². The Morgan fingerprint density at radius 1 is 0.622 bits per heavy atom. The molecule has 0 amide bonds. The summed E-state index contributed by atoms with van der Waals surface area (Å²) in [5.41, 5.74) is 0.488. The zero-order valence-corrected chi connectivity index (χ0v) is 53.9. The summed E-state index contributed by atoms with van der Waals surface area (Å²) in [7, 11) is -17.9. The first-order valence-corrected chi connectivity index (χ1v) is 35.4. The van der Waals surface area contributed by atoms with E-state index < -0.39 is 113 Å². The van der Waals surface area contributed by atoms with Crippen molar-refractivity contribution in [2.24, 2.45) is 0 Å². The number of hydrogen-bond acceptors (Lipinski definition) is 22. The molecule has 0 spiro atoms. The lowest BCUT2D eigenvalue weighted by atomic mass is 9.73. The maximum atomic E-state index is 12.8. The quantitative estimate of drug-likeness (QED) is 0.00975. The third kappa shape index (κ3) is 18.0. The van der Waals surface area contributed by atoms with E-state index in [1.165, 1.54) is 19.2 Å². The Bertz CT molecular complexity index is 3870. The van der Waals surface area contributed by atoms with Crippen LogP contribution in [0.2, 0.25) is 0 Å². The predicted molar refractivity (Wildman–Crippen MR) is 328 cm³/mol. The molecule has 0 bridgehead atoms. The van der Waals surface area contributed by atoms with Crippen LogP contribution < -0.4 is 9.80 Å². The Labute approximate surface area is 524 Å². The Hall–Kier alpha value is -5.50. The second kappa shape index (κ2) is 31.0. The van der Waals surface area contributed by atoms with Gasteiger partial charge in [0.1, 0.15) is 4.90 Å². The summed E-state index contributed by atoms with van der Waals surface area (Å²) in [6.45, 7) is 8.82. The van der Waals surface area contributed by atoms with E-state index in [0.717, 1.165) is 12.1 Å². The molecule has 3 atom stereocenters. The smallest absolute Gasteiger partial charge is 0.309 e. The van der Waals surface area contributed by atoms with Gasteiger partial charge in [0, 0.05) is 71.7 Å². The molecule has 3 aliphatic rings. The van der Waals surface area contributed by atoms with Gasteiger partial charge in [-0.25, -0.2) is 4.21 Å². The molecule has 2 aliphatic heterocycles. The third-order valence-corrected chi connectivity index (χ3v) is 19.6. The zero-order valence-electron chi connectivity index (χ0n) is 49.8. The number of ketones is 2. The summed E-state index contributed by atoms with van der Waals surface area (Å²) in [5, 5.41) is 0.509. The molecule has 3 unspecified atom stereocenters. The number of carbonyl (C=O) groups is 3. The number of carbonyl (C=O) groups excluding carboxylic acids is 3. The summed E-state index contributed by atoms with van der Waals surface area (Å²) in [4.78, 5) is 36.5. The number of methoxy groups -OCH3 is 1. The molecule has 5 N–H and O–H groups in total. The normalized spacial score (nSPS) is 19.0. The molecular weight excluding hydrogens is 1280 g/mol. The molecule has 2 heterocycles. The maximum absolute atomic E-state index is 12.8. The summed E-state index contributed by atoms with van der Waals surface area (Å²) in [6, 6.07) is 9.58. The van der Waals surface area contributed by atoms with E-state index in [0.29, 0.717) is 60.7 Å². The van der Waals surface area contributed by atoms with Gasteiger partial charge >= 0.3 is 5.97 Å². The molecule has 1 fully saturated rings. The highest BCUT2D eigenvalue weighted by molar-refractivity contribution is 7.87. The van der Waals surface area contributed by atoms with Crippen molar-refractivity contribution >= 4 is 102 Å². The van der Waals surface area contributed by atoms with Crippen LogP contribution in [0.5, 0.6) is 0 Å². The minimum atomic E-state index is -5.04. The molecule has 1 aliphatic carbocycles. The minimum Gasteiger partial charge on any atom is -0.446 e. The third-order valence-electron chi connectivity index (χ3n) is 15.5. The van der Waals surface area contributed by atoms with Crippen molar-refractivity contribution < 1.29 is 113 Å². The molecule has 496 valence electrons. The van der Waals surface area contributed by atoms with Gasteiger partial charge in [-0.05, 0) is 77.2 Å². The van der Waals surface area contributed by atoms with Gasteiger partial charge in [-0.1, -0.05) is 57.2 Å². The number of nitrogens with zero attached hydrogens (tertiary/aromatic N) is 2. The Balaban J connectivity index is 1.01. The summed E-state index contributed by atoms with van der Waals surface area (Å²) in [6.07, 6.45) is 7.53. The standard InChI is InChI=1S/C58H74N2O25S5/c1-57(2)51(9-6-5-7-10-52-58(3,18-8-34-87(66,67)68)55-43-35-39(88(69,70)71)37-49(86(64)65)41(43)11-13-46(55)60(52)19-22-78-4)59(45-14-12-42-44(54(45)57)36-40(89(72,73)74)38-50(42)90(75,76)77)20-23-80-25-27-82-29-31-84-33-32-83-30-28-81-26-24-79-21-17-53(63)85-56-47(61)15-16-48(56)62/h5-7,9-14,35-38,52,56H,8,15-34H2,1-4H3,(H,64,65)(H,66,67,68)(H,69,70,71)(H,72,73,74)(H,75,76,77)/b6-5+,10-7+,51-9+. The van der Waals surface area contributed by atoms with Crippen LogP contribution in [0.15, 0.2) is 104 Å². The van der Waals surface area contributed by atoms with E-state index in [9.17, 15) is 75.0 Å². The Morgan fingerprint density at radius 2 is 1.14 bits per heavy atom. The second-order valence-electron chi connectivity index (χ2n) is 21.9. The molecule has 4 aromatic rings. The van der Waals surface area contributed by atoms with Crippen molar-refractivity contribution in [2.75, 3.05) is 122 Å². The van der Waals surface area contributed by atoms with Crippen LogP contribution in [0.1, 0.15) is 64.0 Å². The molecule has 1 saturated carbocycles. The average molecular weight is 1360 g/mol. The highest BCUT2D eigenvalue weighted by Crippen LogP contribution is 2.54. The van der Waals surface area contributed by atoms with Gasteiger partial charge < -0.3 is 52.2 Å². The number of allylic oxidation sites excluding steroid dienone is 5. The number of fused-ring (bicyclic) bond motifs is 6. The molecule has 4 aromatic carbocycles. The van der Waals surface area contributed by atoms with E-state index in [1.807, 2.05) is 36.6 Å². The fourth-order valence-electron chi connectivity index (χ4n) is 11.4. The number of rotatable bonds is 36. The highest BCUT2D eigenvalue weighted by Gasteiger charge is 2.48. The molecule has 90 heavy (non-hydrogen) atoms. The number of Topliss-reactive ketones (excluding diaryl/α,β-unsaturated/α-hetero) is 2. The maximum Gasteiger partial charge on any atom is 0.309 e. The molecule has 7 rings (SSSR count). The van der Waals surface area contributed by atoms with Crippen LogP contribution >= 0.6 is 0 Å². The number of anilines is 2. The lowest BCUT2D eigenvalue weighted by molar-refractivity contribution is -0.158. The van der Waals surface area contributed by atoms with Crippen LogP contribution in [0.4, 0.5) is 11.4 Å². The first-order valence-electron chi connectivity index (χ1n) is 28.4. The van der Waals surface area contributed by atoms with Crippen molar-refractivity contribution in [2.45, 2.75) is 95.4 Å². The fourth-order valence-corrected chi connectivity index (χ4v) is 14.5. The van der Waals surface area contributed by atoms with Crippen LogP contribution in [-0.4, -0.2) is 202 Å².